The fourth-order valence-corrected chi connectivity index (χ4v) is 3.55. The predicted octanol–water partition coefficient (Wildman–Crippen LogP) is 6.06. The van der Waals surface area contributed by atoms with Gasteiger partial charge in [0.2, 0.25) is 0 Å². The molecule has 0 fully saturated rings. The molecule has 0 saturated heterocycles. The summed E-state index contributed by atoms with van der Waals surface area (Å²) in [5.41, 5.74) is 3.06. The molecule has 0 spiro atoms. The first-order chi connectivity index (χ1) is 16.3. The molecule has 0 aliphatic carbocycles. The van der Waals surface area contributed by atoms with E-state index in [9.17, 15) is 9.59 Å². The summed E-state index contributed by atoms with van der Waals surface area (Å²) in [6.45, 7) is -0.301. The molecule has 0 saturated carbocycles. The van der Waals surface area contributed by atoms with Crippen molar-refractivity contribution in [1.29, 1.82) is 0 Å². The summed E-state index contributed by atoms with van der Waals surface area (Å²) in [5.74, 6) is -0.406. The van der Waals surface area contributed by atoms with Gasteiger partial charge in [0.05, 0.1) is 28.9 Å². The zero-order chi connectivity index (χ0) is 24.7. The molecule has 0 aliphatic heterocycles. The number of hydrogen-bond donors (Lipinski definition) is 1. The average Bonchev–Trinajstić information content (AvgIpc) is 2.79. The van der Waals surface area contributed by atoms with Gasteiger partial charge in [-0.2, -0.15) is 5.10 Å². The highest BCUT2D eigenvalue weighted by Gasteiger charge is 2.16. The smallest absolute Gasteiger partial charge is 0.345 e. The number of amides is 1. The lowest BCUT2D eigenvalue weighted by atomic mass is 10.2. The number of hydrazone groups is 1. The molecule has 0 radical (unpaired) electrons. The first kappa shape index (κ1) is 25.6. The Balaban J connectivity index is 1.59. The quantitative estimate of drug-likeness (QED) is 0.162. The maximum atomic E-state index is 12.4. The maximum Gasteiger partial charge on any atom is 0.345 e. The van der Waals surface area contributed by atoms with Crippen molar-refractivity contribution in [1.82, 2.24) is 5.43 Å². The van der Waals surface area contributed by atoms with E-state index in [0.717, 1.165) is 0 Å². The number of rotatable bonds is 8. The average molecular weight is 542 g/mol. The summed E-state index contributed by atoms with van der Waals surface area (Å²) in [6.07, 6.45) is 1.39. The van der Waals surface area contributed by atoms with Crippen molar-refractivity contribution in [3.63, 3.8) is 0 Å². The molecule has 0 bridgehead atoms. The lowest BCUT2D eigenvalue weighted by Gasteiger charge is -2.11. The second-order valence-corrected chi connectivity index (χ2v) is 8.27. The standard InChI is InChI=1S/C23H16Cl4N2O5/c1-32-21-8-13(2-6-20(21)34-23(31)16-5-3-14(24)9-17(16)26)11-28-29-22(30)12-33-19-7-4-15(25)10-18(19)27/h2-11H,12H2,1H3,(H,29,30)/b28-11+. The van der Waals surface area contributed by atoms with Crippen LogP contribution >= 0.6 is 46.4 Å². The van der Waals surface area contributed by atoms with Crippen LogP contribution in [0.1, 0.15) is 15.9 Å². The minimum atomic E-state index is -0.672. The van der Waals surface area contributed by atoms with Crippen LogP contribution in [-0.4, -0.2) is 31.8 Å². The number of ether oxygens (including phenoxy) is 3. The van der Waals surface area contributed by atoms with Crippen molar-refractivity contribution in [2.24, 2.45) is 5.10 Å². The monoisotopic (exact) mass is 540 g/mol. The van der Waals surface area contributed by atoms with Gasteiger partial charge in [0.25, 0.3) is 5.91 Å². The molecule has 3 aromatic rings. The van der Waals surface area contributed by atoms with E-state index in [1.807, 2.05) is 0 Å². The van der Waals surface area contributed by atoms with Gasteiger partial charge in [-0.05, 0) is 60.2 Å². The van der Waals surface area contributed by atoms with Crippen LogP contribution in [0.25, 0.3) is 0 Å². The number of nitrogens with one attached hydrogen (secondary N) is 1. The van der Waals surface area contributed by atoms with Gasteiger partial charge >= 0.3 is 5.97 Å². The number of nitrogens with zero attached hydrogens (tertiary/aromatic N) is 1. The molecule has 0 atom stereocenters. The normalized spacial score (nSPS) is 10.7. The molecule has 3 aromatic carbocycles. The van der Waals surface area contributed by atoms with Crippen molar-refractivity contribution in [2.45, 2.75) is 0 Å². The summed E-state index contributed by atoms with van der Waals surface area (Å²) in [4.78, 5) is 24.4. The first-order valence-electron chi connectivity index (χ1n) is 9.52. The van der Waals surface area contributed by atoms with Crippen LogP contribution in [-0.2, 0) is 4.79 Å². The van der Waals surface area contributed by atoms with Gasteiger partial charge in [-0.1, -0.05) is 46.4 Å². The summed E-state index contributed by atoms with van der Waals surface area (Å²) in [6, 6.07) is 13.8. The Hall–Kier alpha value is -2.97. The summed E-state index contributed by atoms with van der Waals surface area (Å²) in [5, 5.41) is 5.18. The molecule has 7 nitrogen and oxygen atoms in total. The fraction of sp³-hybridized carbons (Fsp3) is 0.0870. The zero-order valence-corrected chi connectivity index (χ0v) is 20.5. The van der Waals surface area contributed by atoms with Crippen molar-refractivity contribution >= 4 is 64.5 Å². The second kappa shape index (κ2) is 11.9. The van der Waals surface area contributed by atoms with E-state index in [4.69, 9.17) is 60.6 Å². The highest BCUT2D eigenvalue weighted by Crippen LogP contribution is 2.30. The predicted molar refractivity (Wildman–Crippen MR) is 132 cm³/mol. The lowest BCUT2D eigenvalue weighted by Crippen LogP contribution is -2.24. The zero-order valence-electron chi connectivity index (χ0n) is 17.5. The van der Waals surface area contributed by atoms with Crippen LogP contribution in [0.15, 0.2) is 59.7 Å². The van der Waals surface area contributed by atoms with E-state index < -0.39 is 11.9 Å². The third-order valence-corrected chi connectivity index (χ3v) is 5.28. The molecular weight excluding hydrogens is 526 g/mol. The van der Waals surface area contributed by atoms with Crippen LogP contribution in [0.2, 0.25) is 20.1 Å². The number of carbonyl (C=O) groups is 2. The highest BCUT2D eigenvalue weighted by molar-refractivity contribution is 6.36. The Morgan fingerprint density at radius 2 is 1.56 bits per heavy atom. The molecule has 176 valence electrons. The molecule has 0 heterocycles. The Bertz CT molecular complexity index is 1250. The van der Waals surface area contributed by atoms with Crippen molar-refractivity contribution in [3.05, 3.63) is 85.8 Å². The maximum absolute atomic E-state index is 12.4. The van der Waals surface area contributed by atoms with Gasteiger partial charge in [0.15, 0.2) is 18.1 Å². The van der Waals surface area contributed by atoms with Gasteiger partial charge in [0.1, 0.15) is 5.75 Å². The Morgan fingerprint density at radius 3 is 2.24 bits per heavy atom. The van der Waals surface area contributed by atoms with Crippen LogP contribution < -0.4 is 19.6 Å². The van der Waals surface area contributed by atoms with Gasteiger partial charge in [-0.25, -0.2) is 10.2 Å². The number of carbonyl (C=O) groups excluding carboxylic acids is 2. The van der Waals surface area contributed by atoms with Crippen molar-refractivity contribution in [2.75, 3.05) is 13.7 Å². The van der Waals surface area contributed by atoms with E-state index in [1.165, 1.54) is 43.7 Å². The molecule has 1 N–H and O–H groups in total. The van der Waals surface area contributed by atoms with Gasteiger partial charge in [0, 0.05) is 10.0 Å². The van der Waals surface area contributed by atoms with Gasteiger partial charge in [-0.3, -0.25) is 4.79 Å². The number of halogens is 4. The number of methoxy groups -OCH3 is 1. The summed E-state index contributed by atoms with van der Waals surface area (Å²) < 4.78 is 16.0. The number of benzene rings is 3. The molecule has 34 heavy (non-hydrogen) atoms. The van der Waals surface area contributed by atoms with Crippen LogP contribution in [0, 0.1) is 0 Å². The molecule has 0 aliphatic rings. The molecule has 11 heteroatoms. The Kier molecular flexibility index (Phi) is 9.01. The van der Waals surface area contributed by atoms with Crippen molar-refractivity contribution in [3.8, 4) is 17.2 Å². The van der Waals surface area contributed by atoms with Crippen LogP contribution in [0.4, 0.5) is 0 Å². The molecule has 0 unspecified atom stereocenters. The third kappa shape index (κ3) is 7.01. The minimum Gasteiger partial charge on any atom is -0.493 e. The van der Waals surface area contributed by atoms with Crippen LogP contribution in [0.3, 0.4) is 0 Å². The minimum absolute atomic E-state index is 0.156. The number of hydrogen-bond acceptors (Lipinski definition) is 6. The first-order valence-corrected chi connectivity index (χ1v) is 11.0. The summed E-state index contributed by atoms with van der Waals surface area (Å²) in [7, 11) is 1.42. The molecule has 0 aromatic heterocycles. The second-order valence-electron chi connectivity index (χ2n) is 6.58. The Labute approximate surface area is 215 Å². The van der Waals surface area contributed by atoms with Crippen molar-refractivity contribution < 1.29 is 23.8 Å². The van der Waals surface area contributed by atoms with E-state index in [-0.39, 0.29) is 33.7 Å². The number of esters is 1. The van der Waals surface area contributed by atoms with E-state index in [1.54, 1.807) is 24.3 Å². The van der Waals surface area contributed by atoms with Gasteiger partial charge < -0.3 is 14.2 Å². The van der Waals surface area contributed by atoms with E-state index in [2.05, 4.69) is 10.5 Å². The topological polar surface area (TPSA) is 86.2 Å². The van der Waals surface area contributed by atoms with Gasteiger partial charge in [-0.15, -0.1) is 0 Å². The van der Waals surface area contributed by atoms with E-state index >= 15 is 0 Å². The SMILES string of the molecule is COc1cc(/C=N/NC(=O)COc2ccc(Cl)cc2Cl)ccc1OC(=O)c1ccc(Cl)cc1Cl. The third-order valence-electron chi connectivity index (χ3n) is 4.20. The highest BCUT2D eigenvalue weighted by atomic mass is 35.5. The van der Waals surface area contributed by atoms with E-state index in [0.29, 0.717) is 21.4 Å². The Morgan fingerprint density at radius 1 is 0.882 bits per heavy atom. The molecule has 3 rings (SSSR count). The lowest BCUT2D eigenvalue weighted by molar-refractivity contribution is -0.123. The fourth-order valence-electron chi connectivity index (χ4n) is 2.61. The largest absolute Gasteiger partial charge is 0.493 e. The summed E-state index contributed by atoms with van der Waals surface area (Å²) >= 11 is 23.7. The molecule has 1 amide bonds. The molecular formula is C23H16Cl4N2O5. The van der Waals surface area contributed by atoms with Crippen LogP contribution in [0.5, 0.6) is 17.2 Å².